The standard InChI is InChI=1S/C5H2N3O/c1-2-7-5-4(6-1)3-8-9-5/h1,3H. The number of rotatable bonds is 0. The minimum atomic E-state index is 0.428. The van der Waals surface area contributed by atoms with Gasteiger partial charge in [0, 0.05) is 0 Å². The fraction of sp³-hybridized carbons (Fsp3) is 0. The maximum absolute atomic E-state index is 4.66. The van der Waals surface area contributed by atoms with E-state index in [0.717, 1.165) is 0 Å². The van der Waals surface area contributed by atoms with Gasteiger partial charge in [0.25, 0.3) is 5.71 Å². The molecule has 0 amide bonds. The number of nitrogens with zero attached hydrogens (tertiary/aromatic N) is 3. The van der Waals surface area contributed by atoms with Gasteiger partial charge in [-0.05, 0) is 0 Å². The van der Waals surface area contributed by atoms with Gasteiger partial charge in [0.05, 0.1) is 12.4 Å². The molecule has 0 aliphatic heterocycles. The highest BCUT2D eigenvalue weighted by Gasteiger charge is 1.95. The van der Waals surface area contributed by atoms with Crippen molar-refractivity contribution in [3.8, 4) is 0 Å². The van der Waals surface area contributed by atoms with Crippen molar-refractivity contribution in [2.75, 3.05) is 0 Å². The van der Waals surface area contributed by atoms with Crippen LogP contribution in [0.5, 0.6) is 0 Å². The molecule has 0 aliphatic rings. The van der Waals surface area contributed by atoms with E-state index in [9.17, 15) is 0 Å². The van der Waals surface area contributed by atoms with Crippen LogP contribution in [0.15, 0.2) is 16.9 Å². The average Bonchev–Trinajstić information content (AvgIpc) is 2.33. The monoisotopic (exact) mass is 120 g/mol. The number of hydrogen-bond donors (Lipinski definition) is 0. The van der Waals surface area contributed by atoms with Gasteiger partial charge in [-0.3, -0.25) is 0 Å². The second kappa shape index (κ2) is 1.51. The molecule has 0 saturated heterocycles. The maximum Gasteiger partial charge on any atom is 0.276 e. The summed E-state index contributed by atoms with van der Waals surface area (Å²) in [6, 6.07) is 0. The highest BCUT2D eigenvalue weighted by atomic mass is 16.5. The van der Waals surface area contributed by atoms with Crippen molar-refractivity contribution in [3.63, 3.8) is 0 Å². The molecule has 0 bridgehead atoms. The molecule has 0 spiro atoms. The van der Waals surface area contributed by atoms with E-state index in [1.165, 1.54) is 12.4 Å². The van der Waals surface area contributed by atoms with Crippen molar-refractivity contribution in [3.05, 3.63) is 18.6 Å². The van der Waals surface area contributed by atoms with E-state index in [1.54, 1.807) is 0 Å². The molecule has 2 aromatic heterocycles. The zero-order valence-electron chi connectivity index (χ0n) is 4.40. The smallest absolute Gasteiger partial charge is 0.276 e. The van der Waals surface area contributed by atoms with E-state index in [2.05, 4.69) is 25.8 Å². The SMILES string of the molecule is [c]1cnc2cnoc2n1. The lowest BCUT2D eigenvalue weighted by molar-refractivity contribution is 0.448. The molecule has 4 heteroatoms. The van der Waals surface area contributed by atoms with Crippen LogP contribution in [0, 0.1) is 6.20 Å². The summed E-state index contributed by atoms with van der Waals surface area (Å²) < 4.78 is 4.66. The molecule has 0 fully saturated rings. The Morgan fingerprint density at radius 3 is 3.44 bits per heavy atom. The van der Waals surface area contributed by atoms with Crippen molar-refractivity contribution >= 4 is 11.2 Å². The fourth-order valence-corrected chi connectivity index (χ4v) is 0.580. The van der Waals surface area contributed by atoms with Crippen molar-refractivity contribution in [2.24, 2.45) is 0 Å². The summed E-state index contributed by atoms with van der Waals surface area (Å²) in [6.07, 6.45) is 5.51. The average molecular weight is 120 g/mol. The third-order valence-electron chi connectivity index (χ3n) is 0.961. The second-order valence-corrected chi connectivity index (χ2v) is 1.52. The lowest BCUT2D eigenvalue weighted by atomic mass is 10.6. The lowest BCUT2D eigenvalue weighted by Crippen LogP contribution is -1.74. The summed E-state index contributed by atoms with van der Waals surface area (Å²) in [4.78, 5) is 7.59. The highest BCUT2D eigenvalue weighted by Crippen LogP contribution is 2.02. The number of aromatic nitrogens is 3. The van der Waals surface area contributed by atoms with Crippen molar-refractivity contribution in [1.29, 1.82) is 0 Å². The van der Waals surface area contributed by atoms with E-state index >= 15 is 0 Å². The summed E-state index contributed by atoms with van der Waals surface area (Å²) in [5.41, 5.74) is 1.09. The first-order valence-corrected chi connectivity index (χ1v) is 2.40. The molecule has 0 aromatic carbocycles. The summed E-state index contributed by atoms with van der Waals surface area (Å²) in [5.74, 6) is 0. The van der Waals surface area contributed by atoms with Gasteiger partial charge in [0.1, 0.15) is 11.7 Å². The summed E-state index contributed by atoms with van der Waals surface area (Å²) in [5, 5.41) is 3.48. The van der Waals surface area contributed by atoms with Gasteiger partial charge in [0.2, 0.25) is 0 Å². The van der Waals surface area contributed by atoms with Crippen LogP contribution in [-0.4, -0.2) is 15.1 Å². The zero-order chi connectivity index (χ0) is 6.10. The lowest BCUT2D eigenvalue weighted by Gasteiger charge is -1.77. The van der Waals surface area contributed by atoms with E-state index in [0.29, 0.717) is 11.2 Å². The minimum Gasteiger partial charge on any atom is -0.334 e. The van der Waals surface area contributed by atoms with Crippen molar-refractivity contribution in [1.82, 2.24) is 15.1 Å². The van der Waals surface area contributed by atoms with E-state index in [4.69, 9.17) is 0 Å². The van der Waals surface area contributed by atoms with Crippen LogP contribution in [0.25, 0.3) is 11.2 Å². The Labute approximate surface area is 50.5 Å². The van der Waals surface area contributed by atoms with Gasteiger partial charge in [-0.1, -0.05) is 5.16 Å². The molecule has 0 atom stereocenters. The fourth-order valence-electron chi connectivity index (χ4n) is 0.580. The van der Waals surface area contributed by atoms with Gasteiger partial charge in [-0.25, -0.2) is 9.97 Å². The van der Waals surface area contributed by atoms with E-state index < -0.39 is 0 Å². The Hall–Kier alpha value is -1.45. The Morgan fingerprint density at radius 1 is 1.56 bits per heavy atom. The molecule has 0 unspecified atom stereocenters. The molecule has 43 valence electrons. The predicted molar refractivity (Wildman–Crippen MR) is 28.4 cm³/mol. The molecule has 9 heavy (non-hydrogen) atoms. The van der Waals surface area contributed by atoms with Crippen molar-refractivity contribution < 1.29 is 4.52 Å². The van der Waals surface area contributed by atoms with Crippen LogP contribution in [0.4, 0.5) is 0 Å². The summed E-state index contributed by atoms with van der Waals surface area (Å²) >= 11 is 0. The molecule has 0 N–H and O–H groups in total. The van der Waals surface area contributed by atoms with Crippen LogP contribution in [0.3, 0.4) is 0 Å². The highest BCUT2D eigenvalue weighted by molar-refractivity contribution is 5.64. The first-order chi connectivity index (χ1) is 4.47. The van der Waals surface area contributed by atoms with Crippen LogP contribution in [-0.2, 0) is 0 Å². The molecule has 2 rings (SSSR count). The molecule has 0 aliphatic carbocycles. The van der Waals surface area contributed by atoms with Gasteiger partial charge >= 0.3 is 0 Å². The second-order valence-electron chi connectivity index (χ2n) is 1.52. The Morgan fingerprint density at radius 2 is 2.56 bits per heavy atom. The van der Waals surface area contributed by atoms with E-state index in [1.807, 2.05) is 0 Å². The van der Waals surface area contributed by atoms with Crippen LogP contribution < -0.4 is 0 Å². The van der Waals surface area contributed by atoms with Crippen LogP contribution in [0.2, 0.25) is 0 Å². The molecule has 0 saturated carbocycles. The van der Waals surface area contributed by atoms with Crippen LogP contribution in [0.1, 0.15) is 0 Å². The number of fused-ring (bicyclic) bond motifs is 1. The Kier molecular flexibility index (Phi) is 0.745. The molecular formula is C5H2N3O. The minimum absolute atomic E-state index is 0.428. The Bertz CT molecular complexity index is 286. The topological polar surface area (TPSA) is 51.8 Å². The molecule has 4 nitrogen and oxygen atoms in total. The number of hydrogen-bond acceptors (Lipinski definition) is 4. The van der Waals surface area contributed by atoms with Gasteiger partial charge in [-0.2, -0.15) is 0 Å². The summed E-state index contributed by atoms with van der Waals surface area (Å²) in [6.45, 7) is 0. The molecule has 1 radical (unpaired) electrons. The third kappa shape index (κ3) is 0.561. The first kappa shape index (κ1) is 4.43. The zero-order valence-corrected chi connectivity index (χ0v) is 4.40. The normalized spacial score (nSPS) is 10.2. The molecule has 2 heterocycles. The molecule has 2 aromatic rings. The predicted octanol–water partition coefficient (Wildman–Crippen LogP) is 0.418. The largest absolute Gasteiger partial charge is 0.334 e. The van der Waals surface area contributed by atoms with Gasteiger partial charge < -0.3 is 4.52 Å². The quantitative estimate of drug-likeness (QED) is 0.505. The first-order valence-electron chi connectivity index (χ1n) is 2.40. The molecular weight excluding hydrogens is 118 g/mol. The summed E-state index contributed by atoms with van der Waals surface area (Å²) in [7, 11) is 0. The third-order valence-corrected chi connectivity index (χ3v) is 0.961. The van der Waals surface area contributed by atoms with Crippen LogP contribution >= 0.6 is 0 Å². The Balaban J connectivity index is 2.95. The van der Waals surface area contributed by atoms with E-state index in [-0.39, 0.29) is 0 Å². The van der Waals surface area contributed by atoms with Gasteiger partial charge in [0.15, 0.2) is 0 Å². The van der Waals surface area contributed by atoms with Gasteiger partial charge in [-0.15, -0.1) is 0 Å². The maximum atomic E-state index is 4.66. The van der Waals surface area contributed by atoms with Crippen molar-refractivity contribution in [2.45, 2.75) is 0 Å².